The molecular formula is C9H11NO2. The average molecular weight is 165 g/mol. The summed E-state index contributed by atoms with van der Waals surface area (Å²) in [6.45, 7) is 1.90. The van der Waals surface area contributed by atoms with Gasteiger partial charge >= 0.3 is 0 Å². The molecule has 0 spiro atoms. The van der Waals surface area contributed by atoms with Crippen molar-refractivity contribution < 1.29 is 9.90 Å². The van der Waals surface area contributed by atoms with E-state index >= 15 is 0 Å². The minimum Gasteiger partial charge on any atom is -0.507 e. The maximum Gasteiger partial charge on any atom is 0.252 e. The van der Waals surface area contributed by atoms with Gasteiger partial charge in [-0.25, -0.2) is 0 Å². The van der Waals surface area contributed by atoms with Crippen molar-refractivity contribution in [2.24, 2.45) is 5.73 Å². The van der Waals surface area contributed by atoms with Gasteiger partial charge in [-0.05, 0) is 18.1 Å². The number of nitrogens with two attached hydrogens (primary N) is 1. The standard InChI is InChI=1S/C9H11NO2/c1-2-6-4-3-5-7(8(6)11)9(10)12/h3-5,11H,2H2,1H3,(H2,10,12). The van der Waals surface area contributed by atoms with Gasteiger partial charge in [-0.1, -0.05) is 19.1 Å². The number of carbonyl (C=O) groups is 1. The minimum atomic E-state index is -0.595. The molecule has 0 bridgehead atoms. The molecule has 1 aromatic rings. The van der Waals surface area contributed by atoms with Crippen LogP contribution in [-0.4, -0.2) is 11.0 Å². The Balaban J connectivity index is 3.23. The fraction of sp³-hybridized carbons (Fsp3) is 0.222. The smallest absolute Gasteiger partial charge is 0.252 e. The van der Waals surface area contributed by atoms with Gasteiger partial charge in [0, 0.05) is 0 Å². The number of hydrogen-bond donors (Lipinski definition) is 2. The highest BCUT2D eigenvalue weighted by atomic mass is 16.3. The molecule has 12 heavy (non-hydrogen) atoms. The fourth-order valence-electron chi connectivity index (χ4n) is 1.08. The van der Waals surface area contributed by atoms with Crippen LogP contribution in [-0.2, 0) is 6.42 Å². The van der Waals surface area contributed by atoms with Crippen molar-refractivity contribution in [2.45, 2.75) is 13.3 Å². The molecule has 0 aliphatic carbocycles. The molecule has 1 aromatic carbocycles. The third-order valence-corrected chi connectivity index (χ3v) is 1.77. The Morgan fingerprint density at radius 3 is 2.75 bits per heavy atom. The second-order valence-corrected chi connectivity index (χ2v) is 2.53. The Bertz CT molecular complexity index is 307. The molecule has 0 saturated heterocycles. The monoisotopic (exact) mass is 165 g/mol. The number of phenols is 1. The van der Waals surface area contributed by atoms with E-state index in [4.69, 9.17) is 5.73 Å². The van der Waals surface area contributed by atoms with Gasteiger partial charge in [-0.15, -0.1) is 0 Å². The van der Waals surface area contributed by atoms with E-state index in [0.717, 1.165) is 5.56 Å². The minimum absolute atomic E-state index is 0.00694. The Kier molecular flexibility index (Phi) is 2.33. The predicted octanol–water partition coefficient (Wildman–Crippen LogP) is 1.05. The Morgan fingerprint density at radius 1 is 1.58 bits per heavy atom. The molecule has 0 saturated carbocycles. The van der Waals surface area contributed by atoms with E-state index in [1.807, 2.05) is 6.92 Å². The van der Waals surface area contributed by atoms with Gasteiger partial charge in [0.2, 0.25) is 0 Å². The molecular weight excluding hydrogens is 154 g/mol. The topological polar surface area (TPSA) is 63.3 Å². The summed E-state index contributed by atoms with van der Waals surface area (Å²) in [6.07, 6.45) is 0.687. The predicted molar refractivity (Wildman–Crippen MR) is 46.0 cm³/mol. The molecule has 3 nitrogen and oxygen atoms in total. The summed E-state index contributed by atoms with van der Waals surface area (Å²) in [5.41, 5.74) is 5.97. The molecule has 0 aliphatic rings. The summed E-state index contributed by atoms with van der Waals surface area (Å²) in [5, 5.41) is 9.46. The second-order valence-electron chi connectivity index (χ2n) is 2.53. The van der Waals surface area contributed by atoms with Crippen molar-refractivity contribution in [3.63, 3.8) is 0 Å². The fourth-order valence-corrected chi connectivity index (χ4v) is 1.08. The summed E-state index contributed by atoms with van der Waals surface area (Å²) in [5.74, 6) is -0.588. The van der Waals surface area contributed by atoms with E-state index in [9.17, 15) is 9.90 Å². The van der Waals surface area contributed by atoms with E-state index in [2.05, 4.69) is 0 Å². The number of hydrogen-bond acceptors (Lipinski definition) is 2. The van der Waals surface area contributed by atoms with Crippen molar-refractivity contribution in [3.8, 4) is 5.75 Å². The van der Waals surface area contributed by atoms with Crippen molar-refractivity contribution >= 4 is 5.91 Å². The lowest BCUT2D eigenvalue weighted by Crippen LogP contribution is -2.11. The Morgan fingerprint density at radius 2 is 2.25 bits per heavy atom. The summed E-state index contributed by atoms with van der Waals surface area (Å²) in [7, 11) is 0. The highest BCUT2D eigenvalue weighted by Crippen LogP contribution is 2.21. The highest BCUT2D eigenvalue weighted by Gasteiger charge is 2.09. The summed E-state index contributed by atoms with van der Waals surface area (Å²) >= 11 is 0. The zero-order valence-corrected chi connectivity index (χ0v) is 6.87. The number of benzene rings is 1. The van der Waals surface area contributed by atoms with Gasteiger partial charge in [0.1, 0.15) is 5.75 Å². The maximum absolute atomic E-state index is 10.8. The van der Waals surface area contributed by atoms with E-state index in [-0.39, 0.29) is 11.3 Å². The molecule has 0 radical (unpaired) electrons. The SMILES string of the molecule is CCc1cccc(C(N)=O)c1O. The summed E-state index contributed by atoms with van der Waals surface area (Å²) in [6, 6.07) is 4.98. The van der Waals surface area contributed by atoms with Crippen LogP contribution in [0.25, 0.3) is 0 Å². The van der Waals surface area contributed by atoms with Gasteiger partial charge in [0.05, 0.1) is 5.56 Å². The molecule has 0 aromatic heterocycles. The van der Waals surface area contributed by atoms with E-state index < -0.39 is 5.91 Å². The number of aromatic hydroxyl groups is 1. The first-order chi connectivity index (χ1) is 5.66. The van der Waals surface area contributed by atoms with Gasteiger partial charge in [-0.2, -0.15) is 0 Å². The number of amides is 1. The zero-order valence-electron chi connectivity index (χ0n) is 6.87. The van der Waals surface area contributed by atoms with Crippen LogP contribution in [0.15, 0.2) is 18.2 Å². The van der Waals surface area contributed by atoms with Crippen molar-refractivity contribution in [2.75, 3.05) is 0 Å². The summed E-state index contributed by atoms with van der Waals surface area (Å²) < 4.78 is 0. The first kappa shape index (κ1) is 8.59. The molecule has 0 atom stereocenters. The highest BCUT2D eigenvalue weighted by molar-refractivity contribution is 5.95. The van der Waals surface area contributed by atoms with Crippen LogP contribution < -0.4 is 5.73 Å². The lowest BCUT2D eigenvalue weighted by atomic mass is 10.1. The number of rotatable bonds is 2. The molecule has 3 heteroatoms. The lowest BCUT2D eigenvalue weighted by Gasteiger charge is -2.04. The van der Waals surface area contributed by atoms with Crippen molar-refractivity contribution in [1.82, 2.24) is 0 Å². The normalized spacial score (nSPS) is 9.75. The maximum atomic E-state index is 10.8. The lowest BCUT2D eigenvalue weighted by molar-refractivity contribution is 0.0997. The van der Waals surface area contributed by atoms with E-state index in [1.165, 1.54) is 6.07 Å². The third kappa shape index (κ3) is 1.39. The number of para-hydroxylation sites is 1. The first-order valence-electron chi connectivity index (χ1n) is 3.77. The van der Waals surface area contributed by atoms with Gasteiger partial charge in [-0.3, -0.25) is 4.79 Å². The van der Waals surface area contributed by atoms with Crippen LogP contribution in [0, 0.1) is 0 Å². The van der Waals surface area contributed by atoms with Crippen LogP contribution in [0.3, 0.4) is 0 Å². The first-order valence-corrected chi connectivity index (χ1v) is 3.77. The molecule has 0 heterocycles. The molecule has 0 aliphatic heterocycles. The average Bonchev–Trinajstić information content (AvgIpc) is 2.04. The largest absolute Gasteiger partial charge is 0.507 e. The van der Waals surface area contributed by atoms with E-state index in [0.29, 0.717) is 6.42 Å². The molecule has 1 amide bonds. The van der Waals surface area contributed by atoms with Gasteiger partial charge < -0.3 is 10.8 Å². The third-order valence-electron chi connectivity index (χ3n) is 1.77. The molecule has 3 N–H and O–H groups in total. The molecule has 1 rings (SSSR count). The number of aryl methyl sites for hydroxylation is 1. The van der Waals surface area contributed by atoms with E-state index in [1.54, 1.807) is 12.1 Å². The van der Waals surface area contributed by atoms with Gasteiger partial charge in [0.25, 0.3) is 5.91 Å². The Hall–Kier alpha value is -1.51. The molecule has 0 fully saturated rings. The van der Waals surface area contributed by atoms with Crippen LogP contribution in [0.1, 0.15) is 22.8 Å². The second kappa shape index (κ2) is 3.26. The number of carbonyl (C=O) groups excluding carboxylic acids is 1. The molecule has 64 valence electrons. The zero-order chi connectivity index (χ0) is 9.14. The van der Waals surface area contributed by atoms with Crippen molar-refractivity contribution in [1.29, 1.82) is 0 Å². The van der Waals surface area contributed by atoms with Crippen LogP contribution in [0.4, 0.5) is 0 Å². The van der Waals surface area contributed by atoms with Crippen LogP contribution in [0.5, 0.6) is 5.75 Å². The van der Waals surface area contributed by atoms with Crippen LogP contribution >= 0.6 is 0 Å². The quantitative estimate of drug-likeness (QED) is 0.688. The van der Waals surface area contributed by atoms with Crippen LogP contribution in [0.2, 0.25) is 0 Å². The van der Waals surface area contributed by atoms with Crippen molar-refractivity contribution in [3.05, 3.63) is 29.3 Å². The number of primary amides is 1. The Labute approximate surface area is 70.8 Å². The summed E-state index contributed by atoms with van der Waals surface area (Å²) in [4.78, 5) is 10.8. The van der Waals surface area contributed by atoms with Gasteiger partial charge in [0.15, 0.2) is 0 Å². The molecule has 0 unspecified atom stereocenters.